The quantitative estimate of drug-likeness (QED) is 0.737. The van der Waals surface area contributed by atoms with Gasteiger partial charge in [0.15, 0.2) is 5.76 Å². The zero-order chi connectivity index (χ0) is 14.8. The molecule has 0 spiro atoms. The minimum atomic E-state index is -1.20. The third kappa shape index (κ3) is 3.03. The number of benzene rings is 1. The van der Waals surface area contributed by atoms with E-state index >= 15 is 0 Å². The van der Waals surface area contributed by atoms with Gasteiger partial charge in [-0.15, -0.1) is 10.2 Å². The van der Waals surface area contributed by atoms with E-state index in [9.17, 15) is 4.21 Å². The summed E-state index contributed by atoms with van der Waals surface area (Å²) in [6.07, 6.45) is 3.07. The Morgan fingerprint density at radius 2 is 2.10 bits per heavy atom. The van der Waals surface area contributed by atoms with Crippen molar-refractivity contribution in [3.8, 4) is 11.3 Å². The van der Waals surface area contributed by atoms with Crippen LogP contribution in [0.5, 0.6) is 0 Å². The van der Waals surface area contributed by atoms with Gasteiger partial charge in [0.25, 0.3) is 0 Å². The molecule has 0 radical (unpaired) electrons. The standard InChI is InChI=1S/C13H11ClN4O2S/c1-21(19)13-16-15-8-18(13)7-11-6-12(17-20-11)9-2-4-10(14)5-3-9/h2-6,8H,7H2,1H3. The van der Waals surface area contributed by atoms with Gasteiger partial charge in [-0.3, -0.25) is 8.78 Å². The smallest absolute Gasteiger partial charge is 0.221 e. The van der Waals surface area contributed by atoms with Crippen LogP contribution in [0.25, 0.3) is 11.3 Å². The lowest BCUT2D eigenvalue weighted by atomic mass is 10.1. The molecule has 0 amide bonds. The van der Waals surface area contributed by atoms with E-state index < -0.39 is 10.8 Å². The average molecular weight is 323 g/mol. The van der Waals surface area contributed by atoms with Gasteiger partial charge in [0.2, 0.25) is 5.16 Å². The summed E-state index contributed by atoms with van der Waals surface area (Å²) >= 11 is 5.86. The maximum Gasteiger partial charge on any atom is 0.221 e. The lowest BCUT2D eigenvalue weighted by molar-refractivity contribution is 0.374. The van der Waals surface area contributed by atoms with Crippen molar-refractivity contribution in [2.45, 2.75) is 11.7 Å². The van der Waals surface area contributed by atoms with Crippen LogP contribution in [0.3, 0.4) is 0 Å². The Hall–Kier alpha value is -1.99. The molecule has 6 nitrogen and oxygen atoms in total. The van der Waals surface area contributed by atoms with E-state index in [1.165, 1.54) is 6.33 Å². The van der Waals surface area contributed by atoms with Crippen molar-refractivity contribution in [1.82, 2.24) is 19.9 Å². The van der Waals surface area contributed by atoms with Crippen LogP contribution in [0.4, 0.5) is 0 Å². The molecule has 0 bridgehead atoms. The highest BCUT2D eigenvalue weighted by molar-refractivity contribution is 7.84. The number of halogens is 1. The third-order valence-corrected chi connectivity index (χ3v) is 3.94. The van der Waals surface area contributed by atoms with Gasteiger partial charge >= 0.3 is 0 Å². The molecule has 21 heavy (non-hydrogen) atoms. The Morgan fingerprint density at radius 3 is 2.81 bits per heavy atom. The monoisotopic (exact) mass is 322 g/mol. The second-order valence-electron chi connectivity index (χ2n) is 4.38. The molecule has 108 valence electrons. The first-order valence-corrected chi connectivity index (χ1v) is 8.00. The number of rotatable bonds is 4. The van der Waals surface area contributed by atoms with Crippen LogP contribution in [-0.4, -0.2) is 30.4 Å². The molecule has 0 N–H and O–H groups in total. The van der Waals surface area contributed by atoms with Gasteiger partial charge in [-0.1, -0.05) is 28.9 Å². The van der Waals surface area contributed by atoms with E-state index in [0.717, 1.165) is 5.56 Å². The fourth-order valence-corrected chi connectivity index (χ4v) is 2.62. The Balaban J connectivity index is 1.83. The first-order chi connectivity index (χ1) is 10.1. The summed E-state index contributed by atoms with van der Waals surface area (Å²) in [5, 5.41) is 12.7. The van der Waals surface area contributed by atoms with Crippen LogP contribution in [0.1, 0.15) is 5.76 Å². The maximum absolute atomic E-state index is 11.5. The molecule has 0 saturated heterocycles. The lowest BCUT2D eigenvalue weighted by Crippen LogP contribution is -2.04. The molecule has 2 heterocycles. The van der Waals surface area contributed by atoms with Crippen molar-refractivity contribution in [2.75, 3.05) is 6.26 Å². The van der Waals surface area contributed by atoms with Crippen LogP contribution in [-0.2, 0) is 17.3 Å². The van der Waals surface area contributed by atoms with Crippen molar-refractivity contribution in [3.05, 3.63) is 47.4 Å². The molecule has 1 aromatic carbocycles. The summed E-state index contributed by atoms with van der Waals surface area (Å²) in [5.41, 5.74) is 1.63. The highest BCUT2D eigenvalue weighted by Gasteiger charge is 2.12. The second kappa shape index (κ2) is 5.79. The molecule has 3 aromatic rings. The Morgan fingerprint density at radius 1 is 1.33 bits per heavy atom. The van der Waals surface area contributed by atoms with Gasteiger partial charge < -0.3 is 4.52 Å². The Kier molecular flexibility index (Phi) is 3.85. The molecular weight excluding hydrogens is 312 g/mol. The van der Waals surface area contributed by atoms with Gasteiger partial charge in [0.05, 0.1) is 17.3 Å². The highest BCUT2D eigenvalue weighted by Crippen LogP contribution is 2.21. The molecule has 0 saturated carbocycles. The Bertz CT molecular complexity index is 782. The van der Waals surface area contributed by atoms with Crippen LogP contribution < -0.4 is 0 Å². The molecule has 0 aliphatic rings. The maximum atomic E-state index is 11.5. The van der Waals surface area contributed by atoms with Gasteiger partial charge in [0.1, 0.15) is 12.0 Å². The summed E-state index contributed by atoms with van der Waals surface area (Å²) in [6.45, 7) is 0.377. The number of aromatic nitrogens is 4. The SMILES string of the molecule is CS(=O)c1nncn1Cc1cc(-c2ccc(Cl)cc2)no1. The molecule has 0 aliphatic carbocycles. The van der Waals surface area contributed by atoms with Crippen molar-refractivity contribution < 1.29 is 8.73 Å². The van der Waals surface area contributed by atoms with Crippen molar-refractivity contribution in [1.29, 1.82) is 0 Å². The minimum Gasteiger partial charge on any atom is -0.359 e. The molecule has 8 heteroatoms. The second-order valence-corrected chi connectivity index (χ2v) is 6.09. The summed E-state index contributed by atoms with van der Waals surface area (Å²) in [5.74, 6) is 0.631. The first-order valence-electron chi connectivity index (χ1n) is 6.06. The first kappa shape index (κ1) is 14.0. The van der Waals surface area contributed by atoms with Crippen LogP contribution in [0, 0.1) is 0 Å². The number of hydrogen-bond donors (Lipinski definition) is 0. The topological polar surface area (TPSA) is 73.8 Å². The van der Waals surface area contributed by atoms with Gasteiger partial charge in [-0.25, -0.2) is 0 Å². The lowest BCUT2D eigenvalue weighted by Gasteiger charge is -2.00. The van der Waals surface area contributed by atoms with Crippen molar-refractivity contribution in [3.63, 3.8) is 0 Å². The van der Waals surface area contributed by atoms with Crippen molar-refractivity contribution >= 4 is 22.4 Å². The van der Waals surface area contributed by atoms with Gasteiger partial charge in [-0.2, -0.15) is 0 Å². The summed E-state index contributed by atoms with van der Waals surface area (Å²) in [4.78, 5) is 0. The van der Waals surface area contributed by atoms with Crippen LogP contribution in [0.15, 0.2) is 46.3 Å². The summed E-state index contributed by atoms with van der Waals surface area (Å²) in [6, 6.07) is 9.16. The summed E-state index contributed by atoms with van der Waals surface area (Å²) < 4.78 is 18.5. The fraction of sp³-hybridized carbons (Fsp3) is 0.154. The predicted molar refractivity (Wildman–Crippen MR) is 78.4 cm³/mol. The largest absolute Gasteiger partial charge is 0.359 e. The summed E-state index contributed by atoms with van der Waals surface area (Å²) in [7, 11) is -1.20. The number of nitrogens with zero attached hydrogens (tertiary/aromatic N) is 4. The van der Waals surface area contributed by atoms with E-state index in [1.807, 2.05) is 18.2 Å². The van der Waals surface area contributed by atoms with Gasteiger partial charge in [-0.05, 0) is 12.1 Å². The van der Waals surface area contributed by atoms with Gasteiger partial charge in [0, 0.05) is 22.9 Å². The highest BCUT2D eigenvalue weighted by atomic mass is 35.5. The van der Waals surface area contributed by atoms with E-state index in [1.54, 1.807) is 23.0 Å². The Labute approximate surface area is 128 Å². The predicted octanol–water partition coefficient (Wildman–Crippen LogP) is 2.37. The molecule has 0 aliphatic heterocycles. The molecule has 1 unspecified atom stereocenters. The fourth-order valence-electron chi connectivity index (χ4n) is 1.89. The van der Waals surface area contributed by atoms with E-state index in [-0.39, 0.29) is 0 Å². The van der Waals surface area contributed by atoms with Crippen LogP contribution in [0.2, 0.25) is 5.02 Å². The zero-order valence-electron chi connectivity index (χ0n) is 11.1. The normalized spacial score (nSPS) is 12.5. The third-order valence-electron chi connectivity index (χ3n) is 2.86. The molecule has 0 fully saturated rings. The zero-order valence-corrected chi connectivity index (χ0v) is 12.6. The molecule has 2 aromatic heterocycles. The average Bonchev–Trinajstić information content (AvgIpc) is 3.09. The minimum absolute atomic E-state index is 0.377. The van der Waals surface area contributed by atoms with Crippen LogP contribution >= 0.6 is 11.6 Å². The number of hydrogen-bond acceptors (Lipinski definition) is 5. The van der Waals surface area contributed by atoms with E-state index in [2.05, 4.69) is 15.4 Å². The molecular formula is C13H11ClN4O2S. The van der Waals surface area contributed by atoms with E-state index in [0.29, 0.717) is 28.2 Å². The molecule has 3 rings (SSSR count). The van der Waals surface area contributed by atoms with Crippen molar-refractivity contribution in [2.24, 2.45) is 0 Å². The molecule has 1 atom stereocenters. The van der Waals surface area contributed by atoms with E-state index in [4.69, 9.17) is 16.1 Å².